The van der Waals surface area contributed by atoms with Crippen LogP contribution >= 0.6 is 27.5 Å². The monoisotopic (exact) mass is 367 g/mol. The highest BCUT2D eigenvalue weighted by atomic mass is 79.9. The molecule has 0 saturated carbocycles. The third kappa shape index (κ3) is 3.95. The van der Waals surface area contributed by atoms with Crippen molar-refractivity contribution in [3.63, 3.8) is 0 Å². The van der Waals surface area contributed by atoms with E-state index in [-0.39, 0.29) is 12.0 Å². The molecule has 5 heteroatoms. The zero-order chi connectivity index (χ0) is 15.6. The molecule has 0 aliphatic heterocycles. The van der Waals surface area contributed by atoms with Crippen molar-refractivity contribution in [3.05, 3.63) is 50.8 Å². The van der Waals surface area contributed by atoms with Crippen LogP contribution in [0.1, 0.15) is 49.7 Å². The fourth-order valence-electron chi connectivity index (χ4n) is 1.94. The maximum absolute atomic E-state index is 6.22. The van der Waals surface area contributed by atoms with E-state index < -0.39 is 0 Å². The number of benzene rings is 1. The third-order valence-corrected chi connectivity index (χ3v) is 4.24. The number of hydrogen-bond donors (Lipinski definition) is 1. The molecule has 0 aliphatic rings. The average Bonchev–Trinajstić information content (AvgIpc) is 2.44. The lowest BCUT2D eigenvalue weighted by Crippen LogP contribution is -2.12. The van der Waals surface area contributed by atoms with Crippen LogP contribution < -0.4 is 5.32 Å². The van der Waals surface area contributed by atoms with Crippen LogP contribution in [-0.2, 0) is 0 Å². The van der Waals surface area contributed by atoms with Crippen molar-refractivity contribution in [2.45, 2.75) is 39.7 Å². The van der Waals surface area contributed by atoms with E-state index >= 15 is 0 Å². The maximum atomic E-state index is 6.22. The van der Waals surface area contributed by atoms with Crippen LogP contribution in [0.2, 0.25) is 5.15 Å². The summed E-state index contributed by atoms with van der Waals surface area (Å²) < 4.78 is 1.07. The van der Waals surface area contributed by atoms with E-state index in [0.717, 1.165) is 21.7 Å². The number of rotatable bonds is 4. The second kappa shape index (κ2) is 6.75. The van der Waals surface area contributed by atoms with Crippen molar-refractivity contribution in [3.8, 4) is 0 Å². The Hall–Kier alpha value is -1.13. The molecule has 1 N–H and O–H groups in total. The van der Waals surface area contributed by atoms with Crippen LogP contribution in [0.25, 0.3) is 0 Å². The zero-order valence-electron chi connectivity index (χ0n) is 12.6. The topological polar surface area (TPSA) is 37.8 Å². The van der Waals surface area contributed by atoms with E-state index in [0.29, 0.717) is 5.15 Å². The van der Waals surface area contributed by atoms with Crippen molar-refractivity contribution in [2.24, 2.45) is 0 Å². The lowest BCUT2D eigenvalue weighted by Gasteiger charge is -2.18. The quantitative estimate of drug-likeness (QED) is 0.724. The average molecular weight is 369 g/mol. The van der Waals surface area contributed by atoms with Gasteiger partial charge in [-0.25, -0.2) is 9.97 Å². The number of aromatic nitrogens is 2. The highest BCUT2D eigenvalue weighted by Crippen LogP contribution is 2.26. The molecule has 0 fully saturated rings. The molecule has 0 saturated heterocycles. The molecule has 112 valence electrons. The number of hydrogen-bond acceptors (Lipinski definition) is 3. The van der Waals surface area contributed by atoms with Gasteiger partial charge in [-0.05, 0) is 31.5 Å². The molecule has 2 rings (SSSR count). The highest BCUT2D eigenvalue weighted by molar-refractivity contribution is 9.10. The van der Waals surface area contributed by atoms with Gasteiger partial charge in [0.1, 0.15) is 16.8 Å². The summed E-state index contributed by atoms with van der Waals surface area (Å²) in [7, 11) is 0. The Morgan fingerprint density at radius 3 is 2.29 bits per heavy atom. The summed E-state index contributed by atoms with van der Waals surface area (Å²) in [5.41, 5.74) is 2.07. The van der Waals surface area contributed by atoms with Gasteiger partial charge in [0.05, 0.1) is 0 Å². The smallest absolute Gasteiger partial charge is 0.137 e. The van der Waals surface area contributed by atoms with Gasteiger partial charge < -0.3 is 5.32 Å². The number of nitrogens with zero attached hydrogens (tertiary/aromatic N) is 2. The van der Waals surface area contributed by atoms with Crippen molar-refractivity contribution in [2.75, 3.05) is 5.32 Å². The molecule has 1 aromatic carbocycles. The summed E-state index contributed by atoms with van der Waals surface area (Å²) in [5.74, 6) is 1.80. The molecule has 1 aromatic heterocycles. The minimum absolute atomic E-state index is 0.141. The standard InChI is InChI=1S/C16H19BrClN3/c1-9(2)15-20-14(18)10(3)16(21-15)19-11(4)12-5-7-13(17)8-6-12/h5-9,11H,1-4H3,(H,19,20,21). The van der Waals surface area contributed by atoms with Gasteiger partial charge >= 0.3 is 0 Å². The van der Waals surface area contributed by atoms with Crippen LogP contribution in [0.4, 0.5) is 5.82 Å². The molecule has 3 nitrogen and oxygen atoms in total. The fraction of sp³-hybridized carbons (Fsp3) is 0.375. The first kappa shape index (κ1) is 16.2. The first-order chi connectivity index (χ1) is 9.88. The Morgan fingerprint density at radius 2 is 1.71 bits per heavy atom. The molecule has 1 unspecified atom stereocenters. The molecule has 2 aromatic rings. The second-order valence-electron chi connectivity index (χ2n) is 5.42. The largest absolute Gasteiger partial charge is 0.363 e. The Morgan fingerprint density at radius 1 is 1.10 bits per heavy atom. The van der Waals surface area contributed by atoms with Crippen LogP contribution in [0, 0.1) is 6.92 Å². The van der Waals surface area contributed by atoms with E-state index in [1.54, 1.807) is 0 Å². The minimum Gasteiger partial charge on any atom is -0.363 e. The van der Waals surface area contributed by atoms with Gasteiger partial charge in [-0.1, -0.05) is 53.5 Å². The first-order valence-corrected chi connectivity index (χ1v) is 8.11. The lowest BCUT2D eigenvalue weighted by molar-refractivity contribution is 0.765. The predicted molar refractivity (Wildman–Crippen MR) is 92.0 cm³/mol. The van der Waals surface area contributed by atoms with Crippen LogP contribution in [0.15, 0.2) is 28.7 Å². The predicted octanol–water partition coefficient (Wildman–Crippen LogP) is 5.50. The van der Waals surface area contributed by atoms with Gasteiger partial charge in [0.2, 0.25) is 0 Å². The minimum atomic E-state index is 0.141. The number of halogens is 2. The normalized spacial score (nSPS) is 12.5. The SMILES string of the molecule is Cc1c(Cl)nc(C(C)C)nc1NC(C)c1ccc(Br)cc1. The lowest BCUT2D eigenvalue weighted by atomic mass is 10.1. The van der Waals surface area contributed by atoms with Gasteiger partial charge in [-0.2, -0.15) is 0 Å². The molecule has 1 heterocycles. The Bertz CT molecular complexity index is 626. The van der Waals surface area contributed by atoms with Gasteiger partial charge in [0.25, 0.3) is 0 Å². The Balaban J connectivity index is 2.28. The molecule has 0 aliphatic carbocycles. The molecule has 21 heavy (non-hydrogen) atoms. The fourth-order valence-corrected chi connectivity index (χ4v) is 2.38. The van der Waals surface area contributed by atoms with Crippen LogP contribution in [0.5, 0.6) is 0 Å². The third-order valence-electron chi connectivity index (χ3n) is 3.34. The molecule has 1 atom stereocenters. The summed E-state index contributed by atoms with van der Waals surface area (Å²) in [5, 5.41) is 3.94. The summed E-state index contributed by atoms with van der Waals surface area (Å²) >= 11 is 9.67. The number of nitrogens with one attached hydrogen (secondary N) is 1. The Labute approximate surface area is 139 Å². The van der Waals surface area contributed by atoms with Gasteiger partial charge in [0.15, 0.2) is 0 Å². The summed E-state index contributed by atoms with van der Waals surface area (Å²) in [6.07, 6.45) is 0. The van der Waals surface area contributed by atoms with E-state index in [4.69, 9.17) is 11.6 Å². The van der Waals surface area contributed by atoms with Crippen LogP contribution in [-0.4, -0.2) is 9.97 Å². The van der Waals surface area contributed by atoms with E-state index in [2.05, 4.69) is 64.1 Å². The van der Waals surface area contributed by atoms with E-state index in [1.165, 1.54) is 5.56 Å². The van der Waals surface area contributed by atoms with E-state index in [9.17, 15) is 0 Å². The molecular formula is C16H19BrClN3. The van der Waals surface area contributed by atoms with Crippen molar-refractivity contribution in [1.29, 1.82) is 0 Å². The molecule has 0 bridgehead atoms. The van der Waals surface area contributed by atoms with Gasteiger partial charge in [-0.3, -0.25) is 0 Å². The molecule has 0 spiro atoms. The van der Waals surface area contributed by atoms with Gasteiger partial charge in [-0.15, -0.1) is 0 Å². The summed E-state index contributed by atoms with van der Waals surface area (Å²) in [6, 6.07) is 8.38. The summed E-state index contributed by atoms with van der Waals surface area (Å²) in [4.78, 5) is 8.93. The van der Waals surface area contributed by atoms with E-state index in [1.807, 2.05) is 19.1 Å². The second-order valence-corrected chi connectivity index (χ2v) is 6.69. The molecule has 0 radical (unpaired) electrons. The summed E-state index contributed by atoms with van der Waals surface area (Å²) in [6.45, 7) is 8.16. The van der Waals surface area contributed by atoms with Gasteiger partial charge in [0, 0.05) is 22.0 Å². The molecule has 0 amide bonds. The highest BCUT2D eigenvalue weighted by Gasteiger charge is 2.14. The molecular weight excluding hydrogens is 350 g/mol. The van der Waals surface area contributed by atoms with Crippen molar-refractivity contribution < 1.29 is 0 Å². The van der Waals surface area contributed by atoms with Crippen LogP contribution in [0.3, 0.4) is 0 Å². The zero-order valence-corrected chi connectivity index (χ0v) is 15.0. The number of anilines is 1. The van der Waals surface area contributed by atoms with Crippen molar-refractivity contribution in [1.82, 2.24) is 9.97 Å². The Kier molecular flexibility index (Phi) is 5.22. The van der Waals surface area contributed by atoms with Crippen molar-refractivity contribution >= 4 is 33.3 Å². The first-order valence-electron chi connectivity index (χ1n) is 6.94. The maximum Gasteiger partial charge on any atom is 0.137 e.